The molecule has 1 aromatic heterocycles. The molecule has 26 heteroatoms. The molecule has 82 heavy (non-hydrogen) atoms. The highest BCUT2D eigenvalue weighted by molar-refractivity contribution is 7.09. The number of hydrogen-bond acceptors (Lipinski definition) is 18. The van der Waals surface area contributed by atoms with E-state index >= 15 is 0 Å². The first-order valence-electron chi connectivity index (χ1n) is 27.7. The van der Waals surface area contributed by atoms with Gasteiger partial charge in [-0.2, -0.15) is 0 Å². The molecule has 2 heterocycles. The van der Waals surface area contributed by atoms with Crippen LogP contribution < -0.4 is 26.6 Å². The fourth-order valence-electron chi connectivity index (χ4n) is 8.69. The van der Waals surface area contributed by atoms with Gasteiger partial charge in [-0.25, -0.2) is 4.98 Å². The fraction of sp³-hybridized carbons (Fsp3) is 0.643. The summed E-state index contributed by atoms with van der Waals surface area (Å²) < 4.78 is 27.0. The number of amides is 6. The van der Waals surface area contributed by atoms with E-state index in [4.69, 9.17) is 28.8 Å². The number of benzene rings is 1. The van der Waals surface area contributed by atoms with Crippen LogP contribution in [-0.2, 0) is 68.5 Å². The average Bonchev–Trinajstić information content (AvgIpc) is 4.14. The molecule has 1 aliphatic rings. The molecule has 1 aliphatic heterocycles. The van der Waals surface area contributed by atoms with E-state index in [0.29, 0.717) is 23.4 Å². The number of likely N-dealkylation sites (N-methyl/N-ethyl adjacent to an activating group) is 2. The van der Waals surface area contributed by atoms with Gasteiger partial charge >= 0.3 is 17.9 Å². The third-order valence-electron chi connectivity index (χ3n) is 13.5. The molecule has 0 saturated carbocycles. The molecular weight excluding hydrogens is 1090 g/mol. The van der Waals surface area contributed by atoms with Gasteiger partial charge in [0.2, 0.25) is 17.7 Å². The van der Waals surface area contributed by atoms with Gasteiger partial charge in [0.15, 0.2) is 6.10 Å². The molecule has 1 fully saturated rings. The van der Waals surface area contributed by atoms with Crippen molar-refractivity contribution in [2.45, 2.75) is 130 Å². The van der Waals surface area contributed by atoms with Crippen LogP contribution in [0.4, 0.5) is 5.69 Å². The van der Waals surface area contributed by atoms with Crippen LogP contribution >= 0.6 is 11.3 Å². The molecule has 1 saturated heterocycles. The minimum absolute atomic E-state index is 0.00520. The Morgan fingerprint density at radius 1 is 0.829 bits per heavy atom. The van der Waals surface area contributed by atoms with Gasteiger partial charge < -0.3 is 70.5 Å². The number of aromatic nitrogens is 1. The number of aliphatic carboxylic acids is 2. The number of carbonyl (C=O) groups is 9. The SMILES string of the molecule is CC[C@H](C)[C@H](NC(=O)[C@H]1CCCCN1C)C(=O)N(C)[C@H](C[C@@H](OC(C)=O)c1nc(C(=O)N[C@@H](Cc2ccc(O)c(NC(=O)CCOCCOCCNC(=O)C#CC(=O)NCCOCCOCCC(=O)O)c2)CC(C)C(=O)O)cs1)C(C)C. The smallest absolute Gasteiger partial charge is 0.306 e. The monoisotopic (exact) mass is 1170 g/mol. The van der Waals surface area contributed by atoms with Crippen LogP contribution in [0, 0.1) is 29.6 Å². The molecule has 1 unspecified atom stereocenters. The lowest BCUT2D eigenvalue weighted by Crippen LogP contribution is -2.58. The maximum Gasteiger partial charge on any atom is 0.306 e. The lowest BCUT2D eigenvalue weighted by Gasteiger charge is -2.38. The minimum atomic E-state index is -1.09. The third kappa shape index (κ3) is 26.0. The number of phenolic OH excluding ortho intramolecular Hbond substituents is 1. The van der Waals surface area contributed by atoms with Crippen LogP contribution in [0.2, 0.25) is 0 Å². The summed E-state index contributed by atoms with van der Waals surface area (Å²) in [7, 11) is 3.59. The van der Waals surface area contributed by atoms with E-state index < -0.39 is 71.7 Å². The summed E-state index contributed by atoms with van der Waals surface area (Å²) in [6.45, 7) is 12.6. The van der Waals surface area contributed by atoms with Crippen LogP contribution in [-0.4, -0.2) is 194 Å². The van der Waals surface area contributed by atoms with Crippen LogP contribution in [0.5, 0.6) is 5.75 Å². The number of hydrogen-bond donors (Lipinski definition) is 8. The van der Waals surface area contributed by atoms with Gasteiger partial charge in [0.25, 0.3) is 17.7 Å². The zero-order valence-electron chi connectivity index (χ0n) is 48.4. The van der Waals surface area contributed by atoms with Gasteiger partial charge in [-0.3, -0.25) is 48.1 Å². The number of carboxylic acids is 2. The van der Waals surface area contributed by atoms with Gasteiger partial charge in [-0.15, -0.1) is 11.3 Å². The number of esters is 1. The Morgan fingerprint density at radius 2 is 1.44 bits per heavy atom. The molecule has 6 amide bonds. The van der Waals surface area contributed by atoms with Crippen molar-refractivity contribution in [2.75, 3.05) is 91.9 Å². The second kappa shape index (κ2) is 37.4. The molecule has 2 aromatic rings. The van der Waals surface area contributed by atoms with E-state index in [1.807, 2.05) is 39.6 Å². The summed E-state index contributed by atoms with van der Waals surface area (Å²) >= 11 is 1.09. The van der Waals surface area contributed by atoms with E-state index in [0.717, 1.165) is 30.7 Å². The standard InChI is InChI=1S/C56H84N8O17S/c1-9-36(4)51(62-53(73)43-12-10-11-21-63(43)7)55(74)64(8)44(35(2)3)33-46(81-38(6)65)54-61-42(34-82-54)52(72)59-40(30-37(5)56(75)76)31-39-13-14-45(66)41(32-39)60-49(69)17-22-77-26-28-79-24-19-57-47(67)15-16-48(68)58-20-25-80-29-27-78-23-18-50(70)71/h13-14,32,34-37,40,43-44,46,51,66H,9-12,17-31,33H2,1-8H3,(H,57,67)(H,58,68)(H,59,72)(H,60,69)(H,62,73)(H,70,71)(H,75,76)/t36-,37?,40+,43+,44+,46+,51-/m0/s1. The number of rotatable bonds is 37. The molecule has 0 aliphatic carbocycles. The lowest BCUT2D eigenvalue weighted by molar-refractivity contribution is -0.149. The highest BCUT2D eigenvalue weighted by Crippen LogP contribution is 2.32. The van der Waals surface area contributed by atoms with Crippen LogP contribution in [0.3, 0.4) is 0 Å². The van der Waals surface area contributed by atoms with Gasteiger partial charge in [-0.1, -0.05) is 53.5 Å². The number of anilines is 1. The summed E-state index contributed by atoms with van der Waals surface area (Å²) in [4.78, 5) is 122. The molecule has 0 radical (unpaired) electrons. The summed E-state index contributed by atoms with van der Waals surface area (Å²) in [5.41, 5.74) is 0.620. The van der Waals surface area contributed by atoms with E-state index in [1.54, 1.807) is 18.0 Å². The first-order valence-corrected chi connectivity index (χ1v) is 28.5. The molecule has 0 bridgehead atoms. The number of aromatic hydroxyl groups is 1. The van der Waals surface area contributed by atoms with E-state index in [9.17, 15) is 53.4 Å². The number of thiazole rings is 1. The maximum atomic E-state index is 14.3. The number of phenols is 1. The normalized spacial score (nSPS) is 15.5. The average molecular weight is 1170 g/mol. The van der Waals surface area contributed by atoms with Crippen molar-refractivity contribution in [3.8, 4) is 17.6 Å². The summed E-state index contributed by atoms with van der Waals surface area (Å²) in [6, 6.07) is 2.09. The molecular formula is C56H84N8O17S. The second-order valence-corrected chi connectivity index (χ2v) is 21.3. The Labute approximate surface area is 483 Å². The van der Waals surface area contributed by atoms with E-state index in [-0.39, 0.29) is 145 Å². The van der Waals surface area contributed by atoms with Crippen LogP contribution in [0.25, 0.3) is 0 Å². The molecule has 3 rings (SSSR count). The Kier molecular flexibility index (Phi) is 31.7. The lowest BCUT2D eigenvalue weighted by atomic mass is 9.92. The number of carboxylic acid groups (broad SMARTS) is 2. The number of nitrogens with zero attached hydrogens (tertiary/aromatic N) is 3. The molecule has 0 spiro atoms. The van der Waals surface area contributed by atoms with Gasteiger partial charge in [0.05, 0.1) is 83.3 Å². The highest BCUT2D eigenvalue weighted by Gasteiger charge is 2.37. The van der Waals surface area contributed by atoms with Crippen molar-refractivity contribution < 1.29 is 82.2 Å². The first kappa shape index (κ1) is 69.5. The zero-order valence-corrected chi connectivity index (χ0v) is 49.2. The highest BCUT2D eigenvalue weighted by atomic mass is 32.1. The number of likely N-dealkylation sites (tertiary alicyclic amines) is 1. The van der Waals surface area contributed by atoms with E-state index in [1.165, 1.54) is 31.4 Å². The maximum absolute atomic E-state index is 14.3. The fourth-order valence-corrected chi connectivity index (χ4v) is 9.53. The van der Waals surface area contributed by atoms with Crippen molar-refractivity contribution in [1.82, 2.24) is 36.1 Å². The first-order chi connectivity index (χ1) is 39.0. The predicted molar refractivity (Wildman–Crippen MR) is 301 cm³/mol. The van der Waals surface area contributed by atoms with E-state index in [2.05, 4.69) is 43.4 Å². The molecule has 8 N–H and O–H groups in total. The van der Waals surface area contributed by atoms with Gasteiger partial charge in [0.1, 0.15) is 22.5 Å². The predicted octanol–water partition coefficient (Wildman–Crippen LogP) is 2.90. The zero-order chi connectivity index (χ0) is 60.7. The molecule has 7 atom stereocenters. The quantitative estimate of drug-likeness (QED) is 0.0209. The Balaban J connectivity index is 1.53. The topological polar surface area (TPSA) is 340 Å². The Hall–Kier alpha value is -6.76. The number of piperidine rings is 1. The van der Waals surface area contributed by atoms with Crippen LogP contribution in [0.1, 0.15) is 120 Å². The summed E-state index contributed by atoms with van der Waals surface area (Å²) in [5, 5.41) is 44.4. The molecule has 1 aromatic carbocycles. The van der Waals surface area contributed by atoms with Gasteiger partial charge in [-0.05, 0) is 68.8 Å². The number of ether oxygens (including phenoxy) is 5. The van der Waals surface area contributed by atoms with Crippen molar-refractivity contribution in [1.29, 1.82) is 0 Å². The number of nitrogens with one attached hydrogen (secondary N) is 5. The largest absolute Gasteiger partial charge is 0.506 e. The summed E-state index contributed by atoms with van der Waals surface area (Å²) in [5.74, 6) is -2.67. The Morgan fingerprint density at radius 3 is 2.00 bits per heavy atom. The summed E-state index contributed by atoms with van der Waals surface area (Å²) in [6.07, 6.45) is 2.36. The van der Waals surface area contributed by atoms with Crippen molar-refractivity contribution in [3.05, 3.63) is 39.8 Å². The molecule has 25 nitrogen and oxygen atoms in total. The Bertz CT molecular complexity index is 2480. The van der Waals surface area contributed by atoms with Crippen molar-refractivity contribution >= 4 is 70.4 Å². The number of carbonyl (C=O) groups excluding carboxylic acids is 7. The minimum Gasteiger partial charge on any atom is -0.506 e. The second-order valence-electron chi connectivity index (χ2n) is 20.4. The van der Waals surface area contributed by atoms with Gasteiger partial charge in [0, 0.05) is 62.8 Å². The molecule has 456 valence electrons. The van der Waals surface area contributed by atoms with Crippen molar-refractivity contribution in [2.24, 2.45) is 17.8 Å². The van der Waals surface area contributed by atoms with Crippen LogP contribution in [0.15, 0.2) is 23.6 Å². The van der Waals surface area contributed by atoms with Crippen molar-refractivity contribution in [3.63, 3.8) is 0 Å². The third-order valence-corrected chi connectivity index (χ3v) is 14.4.